The molecule has 1 saturated carbocycles. The molecule has 0 aromatic carbocycles. The maximum Gasteiger partial charge on any atom is 0.0941 e. The summed E-state index contributed by atoms with van der Waals surface area (Å²) >= 11 is 1.78. The molecule has 1 aliphatic carbocycles. The average Bonchev–Trinajstić information content (AvgIpc) is 3.00. The maximum atomic E-state index is 4.46. The van der Waals surface area contributed by atoms with Crippen LogP contribution in [-0.2, 0) is 6.42 Å². The van der Waals surface area contributed by atoms with E-state index in [0.717, 1.165) is 13.0 Å². The molecule has 1 atom stereocenters. The zero-order valence-corrected chi connectivity index (χ0v) is 12.6. The second kappa shape index (κ2) is 6.13. The van der Waals surface area contributed by atoms with Crippen molar-refractivity contribution in [2.24, 2.45) is 0 Å². The van der Waals surface area contributed by atoms with Gasteiger partial charge in [0.05, 0.1) is 5.01 Å². The van der Waals surface area contributed by atoms with E-state index in [4.69, 9.17) is 0 Å². The summed E-state index contributed by atoms with van der Waals surface area (Å²) in [6, 6.07) is 0.520. The lowest BCUT2D eigenvalue weighted by molar-refractivity contribution is 0.105. The number of nitrogens with zero attached hydrogens (tertiary/aromatic N) is 2. The Balaban J connectivity index is 2.16. The minimum Gasteiger partial charge on any atom is -0.312 e. The van der Waals surface area contributed by atoms with Gasteiger partial charge in [-0.2, -0.15) is 0 Å². The average molecular weight is 267 g/mol. The summed E-state index contributed by atoms with van der Waals surface area (Å²) in [4.78, 5) is 6.91. The third-order valence-electron chi connectivity index (χ3n) is 4.32. The first-order chi connectivity index (χ1) is 8.69. The highest BCUT2D eigenvalue weighted by molar-refractivity contribution is 7.09. The molecule has 0 amide bonds. The Morgan fingerprint density at radius 3 is 2.67 bits per heavy atom. The van der Waals surface area contributed by atoms with Gasteiger partial charge in [-0.3, -0.25) is 0 Å². The van der Waals surface area contributed by atoms with Gasteiger partial charge in [-0.25, -0.2) is 4.98 Å². The molecule has 0 saturated heterocycles. The first-order valence-corrected chi connectivity index (χ1v) is 7.86. The molecule has 1 fully saturated rings. The highest BCUT2D eigenvalue weighted by Crippen LogP contribution is 2.37. The van der Waals surface area contributed by atoms with Crippen molar-refractivity contribution in [2.75, 3.05) is 20.6 Å². The summed E-state index contributed by atoms with van der Waals surface area (Å²) in [5, 5.41) is 7.05. The van der Waals surface area contributed by atoms with Gasteiger partial charge < -0.3 is 10.2 Å². The normalized spacial score (nSPS) is 20.4. The first kappa shape index (κ1) is 14.0. The molecule has 3 nitrogen and oxygen atoms in total. The molecule has 1 aliphatic rings. The van der Waals surface area contributed by atoms with Crippen LogP contribution in [0.2, 0.25) is 0 Å². The zero-order chi connectivity index (χ0) is 13.0. The lowest BCUT2D eigenvalue weighted by Gasteiger charge is -2.43. The summed E-state index contributed by atoms with van der Waals surface area (Å²) in [6.45, 7) is 3.23. The number of hydrogen-bond donors (Lipinski definition) is 1. The molecule has 1 aromatic rings. The molecule has 4 heteroatoms. The van der Waals surface area contributed by atoms with Crippen LogP contribution in [0.25, 0.3) is 0 Å². The van der Waals surface area contributed by atoms with Crippen LogP contribution in [0.4, 0.5) is 0 Å². The lowest BCUT2D eigenvalue weighted by Crippen LogP contribution is -2.58. The van der Waals surface area contributed by atoms with E-state index in [2.05, 4.69) is 41.6 Å². The van der Waals surface area contributed by atoms with Crippen molar-refractivity contribution in [3.63, 3.8) is 0 Å². The highest BCUT2D eigenvalue weighted by Gasteiger charge is 2.42. The highest BCUT2D eigenvalue weighted by atomic mass is 32.1. The van der Waals surface area contributed by atoms with Crippen molar-refractivity contribution < 1.29 is 0 Å². The van der Waals surface area contributed by atoms with Gasteiger partial charge in [0.1, 0.15) is 0 Å². The van der Waals surface area contributed by atoms with Gasteiger partial charge in [-0.05, 0) is 33.5 Å². The van der Waals surface area contributed by atoms with Gasteiger partial charge in [-0.1, -0.05) is 19.8 Å². The second-order valence-electron chi connectivity index (χ2n) is 5.45. The Hall–Kier alpha value is -0.450. The molecular formula is C14H25N3S. The number of aromatic nitrogens is 1. The molecule has 0 spiro atoms. The predicted molar refractivity (Wildman–Crippen MR) is 78.2 cm³/mol. The SMILES string of the molecule is CCNC(Cc1nccs1)C1(N(C)C)CCCC1. The van der Waals surface area contributed by atoms with E-state index in [1.54, 1.807) is 11.3 Å². The quantitative estimate of drug-likeness (QED) is 0.858. The van der Waals surface area contributed by atoms with Crippen LogP contribution in [0.3, 0.4) is 0 Å². The Labute approximate surface area is 115 Å². The molecule has 1 aromatic heterocycles. The van der Waals surface area contributed by atoms with Crippen LogP contribution in [0.1, 0.15) is 37.6 Å². The predicted octanol–water partition coefficient (Wildman–Crippen LogP) is 2.54. The summed E-state index contributed by atoms with van der Waals surface area (Å²) < 4.78 is 0. The molecule has 0 aliphatic heterocycles. The molecule has 1 unspecified atom stereocenters. The topological polar surface area (TPSA) is 28.2 Å². The third-order valence-corrected chi connectivity index (χ3v) is 5.12. The van der Waals surface area contributed by atoms with E-state index in [1.807, 2.05) is 6.20 Å². The van der Waals surface area contributed by atoms with E-state index in [0.29, 0.717) is 11.6 Å². The van der Waals surface area contributed by atoms with Crippen LogP contribution < -0.4 is 5.32 Å². The van der Waals surface area contributed by atoms with Gasteiger partial charge in [0.15, 0.2) is 0 Å². The van der Waals surface area contributed by atoms with E-state index in [9.17, 15) is 0 Å². The van der Waals surface area contributed by atoms with Crippen molar-refractivity contribution in [1.29, 1.82) is 0 Å². The largest absolute Gasteiger partial charge is 0.312 e. The Morgan fingerprint density at radius 1 is 1.44 bits per heavy atom. The molecule has 102 valence electrons. The summed E-state index contributed by atoms with van der Waals surface area (Å²) in [6.07, 6.45) is 8.31. The third kappa shape index (κ3) is 2.76. The van der Waals surface area contributed by atoms with E-state index in [1.165, 1.54) is 30.7 Å². The van der Waals surface area contributed by atoms with Gasteiger partial charge in [0, 0.05) is 29.6 Å². The molecule has 1 heterocycles. The van der Waals surface area contributed by atoms with E-state index < -0.39 is 0 Å². The molecule has 0 bridgehead atoms. The minimum absolute atomic E-state index is 0.321. The fraction of sp³-hybridized carbons (Fsp3) is 0.786. The fourth-order valence-electron chi connectivity index (χ4n) is 3.32. The van der Waals surface area contributed by atoms with Crippen LogP contribution in [0.15, 0.2) is 11.6 Å². The maximum absolute atomic E-state index is 4.46. The zero-order valence-electron chi connectivity index (χ0n) is 11.8. The van der Waals surface area contributed by atoms with E-state index >= 15 is 0 Å². The Morgan fingerprint density at radius 2 is 2.17 bits per heavy atom. The second-order valence-corrected chi connectivity index (χ2v) is 6.42. The van der Waals surface area contributed by atoms with Gasteiger partial charge in [-0.15, -0.1) is 11.3 Å². The van der Waals surface area contributed by atoms with Crippen molar-refractivity contribution >= 4 is 11.3 Å². The van der Waals surface area contributed by atoms with Gasteiger partial charge >= 0.3 is 0 Å². The van der Waals surface area contributed by atoms with Crippen LogP contribution in [-0.4, -0.2) is 42.1 Å². The molecule has 18 heavy (non-hydrogen) atoms. The minimum atomic E-state index is 0.321. The van der Waals surface area contributed by atoms with Gasteiger partial charge in [0.2, 0.25) is 0 Å². The first-order valence-electron chi connectivity index (χ1n) is 6.98. The Kier molecular flexibility index (Phi) is 4.76. The molecule has 2 rings (SSSR count). The number of thiazole rings is 1. The number of likely N-dealkylation sites (N-methyl/N-ethyl adjacent to an activating group) is 2. The molecular weight excluding hydrogens is 242 g/mol. The summed E-state index contributed by atoms with van der Waals surface area (Å²) in [5.74, 6) is 0. The van der Waals surface area contributed by atoms with Crippen molar-refractivity contribution in [3.8, 4) is 0 Å². The van der Waals surface area contributed by atoms with E-state index in [-0.39, 0.29) is 0 Å². The van der Waals surface area contributed by atoms with Crippen LogP contribution in [0, 0.1) is 0 Å². The number of hydrogen-bond acceptors (Lipinski definition) is 4. The summed E-state index contributed by atoms with van der Waals surface area (Å²) in [5.41, 5.74) is 0.321. The molecule has 1 N–H and O–H groups in total. The standard InChI is InChI=1S/C14H25N3S/c1-4-15-12(11-13-16-9-10-18-13)14(17(2)3)7-5-6-8-14/h9-10,12,15H,4-8,11H2,1-3H3. The molecule has 0 radical (unpaired) electrons. The Bertz CT molecular complexity index is 342. The van der Waals surface area contributed by atoms with Crippen molar-refractivity contribution in [1.82, 2.24) is 15.2 Å². The number of rotatable bonds is 6. The smallest absolute Gasteiger partial charge is 0.0941 e. The van der Waals surface area contributed by atoms with Crippen LogP contribution in [0.5, 0.6) is 0 Å². The monoisotopic (exact) mass is 267 g/mol. The number of nitrogens with one attached hydrogen (secondary N) is 1. The van der Waals surface area contributed by atoms with Crippen LogP contribution >= 0.6 is 11.3 Å². The lowest BCUT2D eigenvalue weighted by atomic mass is 9.85. The van der Waals surface area contributed by atoms with Crippen molar-refractivity contribution in [2.45, 2.75) is 50.6 Å². The van der Waals surface area contributed by atoms with Gasteiger partial charge in [0.25, 0.3) is 0 Å². The van der Waals surface area contributed by atoms with Crippen molar-refractivity contribution in [3.05, 3.63) is 16.6 Å². The fourth-order valence-corrected chi connectivity index (χ4v) is 3.98. The summed E-state index contributed by atoms with van der Waals surface area (Å²) in [7, 11) is 4.47.